The van der Waals surface area contributed by atoms with Crippen molar-refractivity contribution in [2.45, 2.75) is 20.3 Å². The molecule has 124 valence electrons. The summed E-state index contributed by atoms with van der Waals surface area (Å²) in [6, 6.07) is 13.3. The molecular weight excluding hydrogens is 340 g/mol. The number of nitrogens with one attached hydrogen (secondary N) is 2. The van der Waals surface area contributed by atoms with Crippen molar-refractivity contribution in [2.24, 2.45) is 0 Å². The fraction of sp³-hybridized carbons (Fsp3) is 0.158. The van der Waals surface area contributed by atoms with Crippen molar-refractivity contribution in [3.8, 4) is 0 Å². The molecule has 3 nitrogen and oxygen atoms in total. The minimum Gasteiger partial charge on any atom is -0.332 e. The fourth-order valence-corrected chi connectivity index (χ4v) is 2.57. The molecule has 0 bridgehead atoms. The standard InChI is InChI=1S/C19H19ClN2OS/c1-3-15-6-4-5-13(2)18(15)22-19(24)21-17(23)12-9-14-7-10-16(20)11-8-14/h4-12H,3H2,1-2H3,(H2,21,22,23,24)/b12-9+. The molecule has 0 saturated heterocycles. The lowest BCUT2D eigenvalue weighted by Gasteiger charge is -2.14. The Morgan fingerprint density at radius 3 is 2.58 bits per heavy atom. The van der Waals surface area contributed by atoms with Crippen LogP contribution >= 0.6 is 23.8 Å². The van der Waals surface area contributed by atoms with E-state index in [-0.39, 0.29) is 11.0 Å². The molecule has 5 heteroatoms. The lowest BCUT2D eigenvalue weighted by Crippen LogP contribution is -2.33. The summed E-state index contributed by atoms with van der Waals surface area (Å²) in [4.78, 5) is 12.0. The Labute approximate surface area is 152 Å². The Hall–Kier alpha value is -2.17. The number of anilines is 1. The molecule has 0 unspecified atom stereocenters. The van der Waals surface area contributed by atoms with Crippen LogP contribution in [0.4, 0.5) is 5.69 Å². The first-order chi connectivity index (χ1) is 11.5. The zero-order valence-corrected chi connectivity index (χ0v) is 15.2. The topological polar surface area (TPSA) is 41.1 Å². The normalized spacial score (nSPS) is 10.6. The predicted molar refractivity (Wildman–Crippen MR) is 105 cm³/mol. The molecule has 2 aromatic carbocycles. The lowest BCUT2D eigenvalue weighted by molar-refractivity contribution is -0.115. The van der Waals surface area contributed by atoms with Gasteiger partial charge in [-0.2, -0.15) is 0 Å². The van der Waals surface area contributed by atoms with Gasteiger partial charge in [-0.3, -0.25) is 10.1 Å². The number of hydrogen-bond acceptors (Lipinski definition) is 2. The molecule has 0 aliphatic rings. The quantitative estimate of drug-likeness (QED) is 0.612. The molecule has 0 saturated carbocycles. The fourth-order valence-electron chi connectivity index (χ4n) is 2.25. The van der Waals surface area contributed by atoms with Crippen molar-refractivity contribution in [3.05, 3.63) is 70.3 Å². The van der Waals surface area contributed by atoms with E-state index in [2.05, 4.69) is 17.6 Å². The molecule has 0 aliphatic heterocycles. The second kappa shape index (κ2) is 8.62. The van der Waals surface area contributed by atoms with Crippen LogP contribution in [0, 0.1) is 6.92 Å². The van der Waals surface area contributed by atoms with Crippen molar-refractivity contribution in [1.82, 2.24) is 5.32 Å². The van der Waals surface area contributed by atoms with E-state index in [0.29, 0.717) is 5.02 Å². The average molecular weight is 359 g/mol. The highest BCUT2D eigenvalue weighted by Crippen LogP contribution is 2.20. The van der Waals surface area contributed by atoms with E-state index in [9.17, 15) is 4.79 Å². The molecule has 0 aromatic heterocycles. The van der Waals surface area contributed by atoms with Gasteiger partial charge >= 0.3 is 0 Å². The Bertz CT molecular complexity index is 769. The number of carbonyl (C=O) groups excluding carboxylic acids is 1. The maximum Gasteiger partial charge on any atom is 0.250 e. The summed E-state index contributed by atoms with van der Waals surface area (Å²) >= 11 is 11.1. The van der Waals surface area contributed by atoms with Gasteiger partial charge in [0.25, 0.3) is 0 Å². The van der Waals surface area contributed by atoms with Crippen molar-refractivity contribution in [3.63, 3.8) is 0 Å². The molecule has 0 aliphatic carbocycles. The Morgan fingerprint density at radius 1 is 1.21 bits per heavy atom. The van der Waals surface area contributed by atoms with Crippen LogP contribution < -0.4 is 10.6 Å². The van der Waals surface area contributed by atoms with Crippen LogP contribution in [0.1, 0.15) is 23.6 Å². The molecule has 0 spiro atoms. The number of thiocarbonyl (C=S) groups is 1. The largest absolute Gasteiger partial charge is 0.332 e. The SMILES string of the molecule is CCc1cccc(C)c1NC(=S)NC(=O)/C=C/c1ccc(Cl)cc1. The van der Waals surface area contributed by atoms with Gasteiger partial charge in [-0.15, -0.1) is 0 Å². The monoisotopic (exact) mass is 358 g/mol. The van der Waals surface area contributed by atoms with E-state index in [1.807, 2.05) is 37.3 Å². The maximum absolute atomic E-state index is 12.0. The summed E-state index contributed by atoms with van der Waals surface area (Å²) in [7, 11) is 0. The van der Waals surface area contributed by atoms with Crippen molar-refractivity contribution in [1.29, 1.82) is 0 Å². The van der Waals surface area contributed by atoms with E-state index in [0.717, 1.165) is 28.8 Å². The highest BCUT2D eigenvalue weighted by atomic mass is 35.5. The summed E-state index contributed by atoms with van der Waals surface area (Å²) in [5.41, 5.74) is 4.08. The lowest BCUT2D eigenvalue weighted by atomic mass is 10.1. The first kappa shape index (κ1) is 18.2. The van der Waals surface area contributed by atoms with Gasteiger partial charge in [0.15, 0.2) is 5.11 Å². The van der Waals surface area contributed by atoms with Crippen LogP contribution in [0.3, 0.4) is 0 Å². The van der Waals surface area contributed by atoms with Crippen LogP contribution in [0.15, 0.2) is 48.5 Å². The van der Waals surface area contributed by atoms with E-state index < -0.39 is 0 Å². The van der Waals surface area contributed by atoms with Gasteiger partial charge in [0, 0.05) is 16.8 Å². The highest BCUT2D eigenvalue weighted by molar-refractivity contribution is 7.80. The van der Waals surface area contributed by atoms with E-state index in [4.69, 9.17) is 23.8 Å². The second-order valence-electron chi connectivity index (χ2n) is 5.29. The van der Waals surface area contributed by atoms with Crippen molar-refractivity contribution < 1.29 is 4.79 Å². The molecule has 0 fully saturated rings. The number of hydrogen-bond donors (Lipinski definition) is 2. The van der Waals surface area contributed by atoms with E-state index in [1.165, 1.54) is 6.08 Å². The number of aryl methyl sites for hydroxylation is 2. The first-order valence-electron chi connectivity index (χ1n) is 7.63. The highest BCUT2D eigenvalue weighted by Gasteiger charge is 2.07. The van der Waals surface area contributed by atoms with Crippen LogP contribution in [0.5, 0.6) is 0 Å². The molecule has 2 N–H and O–H groups in total. The molecule has 24 heavy (non-hydrogen) atoms. The molecule has 2 rings (SSSR count). The minimum atomic E-state index is -0.283. The van der Waals surface area contributed by atoms with Crippen LogP contribution in [-0.2, 0) is 11.2 Å². The van der Waals surface area contributed by atoms with Crippen LogP contribution in [-0.4, -0.2) is 11.0 Å². The zero-order valence-electron chi connectivity index (χ0n) is 13.6. The maximum atomic E-state index is 12.0. The van der Waals surface area contributed by atoms with Gasteiger partial charge in [-0.05, 0) is 60.5 Å². The Balaban J connectivity index is 1.97. The van der Waals surface area contributed by atoms with Crippen LogP contribution in [0.25, 0.3) is 6.08 Å². The van der Waals surface area contributed by atoms with Crippen molar-refractivity contribution >= 4 is 46.6 Å². The number of benzene rings is 2. The van der Waals surface area contributed by atoms with Crippen molar-refractivity contribution in [2.75, 3.05) is 5.32 Å². The van der Waals surface area contributed by atoms with Gasteiger partial charge in [0.1, 0.15) is 0 Å². The number of halogens is 1. The smallest absolute Gasteiger partial charge is 0.250 e. The van der Waals surface area contributed by atoms with Gasteiger partial charge < -0.3 is 5.32 Å². The average Bonchev–Trinajstić information content (AvgIpc) is 2.56. The molecule has 0 heterocycles. The number of carbonyl (C=O) groups is 1. The van der Waals surface area contributed by atoms with Gasteiger partial charge in [0.2, 0.25) is 5.91 Å². The number of rotatable bonds is 4. The Morgan fingerprint density at radius 2 is 1.92 bits per heavy atom. The first-order valence-corrected chi connectivity index (χ1v) is 8.42. The molecule has 1 amide bonds. The molecule has 0 atom stereocenters. The predicted octanol–water partition coefficient (Wildman–Crippen LogP) is 4.74. The minimum absolute atomic E-state index is 0.282. The molecular formula is C19H19ClN2OS. The summed E-state index contributed by atoms with van der Waals surface area (Å²) in [5, 5.41) is 6.71. The third kappa shape index (κ3) is 5.18. The van der Waals surface area contributed by atoms with Gasteiger partial charge in [-0.25, -0.2) is 0 Å². The third-order valence-electron chi connectivity index (χ3n) is 3.51. The second-order valence-corrected chi connectivity index (χ2v) is 6.14. The third-order valence-corrected chi connectivity index (χ3v) is 3.97. The van der Waals surface area contributed by atoms with Gasteiger partial charge in [-0.1, -0.05) is 48.9 Å². The van der Waals surface area contributed by atoms with Gasteiger partial charge in [0.05, 0.1) is 0 Å². The van der Waals surface area contributed by atoms with E-state index >= 15 is 0 Å². The number of para-hydroxylation sites is 1. The molecule has 0 radical (unpaired) electrons. The summed E-state index contributed by atoms with van der Waals surface area (Å²) in [6.07, 6.45) is 4.03. The Kier molecular flexibility index (Phi) is 6.53. The summed E-state index contributed by atoms with van der Waals surface area (Å²) in [5.74, 6) is -0.283. The number of amides is 1. The van der Waals surface area contributed by atoms with Crippen LogP contribution in [0.2, 0.25) is 5.02 Å². The summed E-state index contributed by atoms with van der Waals surface area (Å²) in [6.45, 7) is 4.09. The summed E-state index contributed by atoms with van der Waals surface area (Å²) < 4.78 is 0. The van der Waals surface area contributed by atoms with E-state index in [1.54, 1.807) is 18.2 Å². The zero-order chi connectivity index (χ0) is 17.5. The molecule has 2 aromatic rings.